The van der Waals surface area contributed by atoms with Gasteiger partial charge in [-0.3, -0.25) is 4.90 Å². The van der Waals surface area contributed by atoms with Gasteiger partial charge in [0.1, 0.15) is 47.2 Å². The van der Waals surface area contributed by atoms with Gasteiger partial charge < -0.3 is 34.4 Å². The number of carbonyl (C=O) groups excluding carboxylic acids is 1. The van der Waals surface area contributed by atoms with E-state index >= 15 is 8.78 Å². The molecule has 2 N–H and O–H groups in total. The van der Waals surface area contributed by atoms with Crippen LogP contribution in [0.15, 0.2) is 24.3 Å². The Morgan fingerprint density at radius 3 is 2.77 bits per heavy atom. The second kappa shape index (κ2) is 13.1. The maximum atomic E-state index is 17.2. The molecule has 4 aliphatic heterocycles. The summed E-state index contributed by atoms with van der Waals surface area (Å²) in [6.45, 7) is 5.24. The number of fused-ring (bicyclic) bond motifs is 6. The molecule has 2 aromatic carbocycles. The molecule has 1 saturated carbocycles. The summed E-state index contributed by atoms with van der Waals surface area (Å²) in [5, 5.41) is 15.9. The number of nitrogens with zero attached hydrogens (tertiary/aromatic N) is 6. The molecule has 12 nitrogen and oxygen atoms in total. The Morgan fingerprint density at radius 1 is 1.13 bits per heavy atom. The SMILES string of the molecule is CCc1c(F)ccc2cc(O)cc(-c3nc4c5c(nc(OCC6(CN7CCC[C@H]7COC(=O)N(C)C)CC6)nc5c3F)N3C[C@H]5CC[C@H](N5)[C@@H]3CO4)c12. The number of carbonyl (C=O) groups is 1. The van der Waals surface area contributed by atoms with Crippen LogP contribution in [0.5, 0.6) is 17.6 Å². The van der Waals surface area contributed by atoms with Crippen LogP contribution in [0.4, 0.5) is 19.4 Å². The molecule has 14 heteroatoms. The van der Waals surface area contributed by atoms with E-state index in [2.05, 4.69) is 15.1 Å². The van der Waals surface area contributed by atoms with Crippen molar-refractivity contribution in [2.24, 2.45) is 5.41 Å². The van der Waals surface area contributed by atoms with Gasteiger partial charge in [-0.1, -0.05) is 13.0 Å². The Kier molecular flexibility index (Phi) is 8.45. The number of phenols is 1. The number of aromatic nitrogens is 3. The number of anilines is 1. The lowest BCUT2D eigenvalue weighted by atomic mass is 9.94. The lowest BCUT2D eigenvalue weighted by molar-refractivity contribution is 0.0748. The van der Waals surface area contributed by atoms with Crippen molar-refractivity contribution in [2.75, 3.05) is 58.5 Å². The molecule has 4 atom stereocenters. The molecule has 5 aliphatic rings. The Bertz CT molecular complexity index is 2110. The van der Waals surface area contributed by atoms with Crippen LogP contribution in [-0.2, 0) is 11.2 Å². The van der Waals surface area contributed by atoms with Crippen molar-refractivity contribution in [1.29, 1.82) is 0 Å². The number of hydrogen-bond acceptors (Lipinski definition) is 11. The molecule has 9 rings (SSSR count). The van der Waals surface area contributed by atoms with E-state index in [1.54, 1.807) is 26.2 Å². The van der Waals surface area contributed by atoms with Gasteiger partial charge in [-0.15, -0.1) is 0 Å². The fraction of sp³-hybridized carbons (Fsp3) is 0.538. The van der Waals surface area contributed by atoms with Crippen molar-refractivity contribution in [3.63, 3.8) is 0 Å². The molecule has 1 amide bonds. The van der Waals surface area contributed by atoms with E-state index in [-0.39, 0.29) is 70.1 Å². The molecular weight excluding hydrogens is 684 g/mol. The number of aromatic hydroxyl groups is 1. The number of ether oxygens (including phenoxy) is 3. The number of rotatable bonds is 9. The van der Waals surface area contributed by atoms with Crippen LogP contribution < -0.4 is 19.7 Å². The molecule has 0 radical (unpaired) electrons. The first kappa shape index (κ1) is 34.2. The van der Waals surface area contributed by atoms with Crippen molar-refractivity contribution >= 4 is 33.6 Å². The Labute approximate surface area is 306 Å². The van der Waals surface area contributed by atoms with E-state index < -0.39 is 11.6 Å². The molecule has 4 fully saturated rings. The van der Waals surface area contributed by atoms with Crippen LogP contribution >= 0.6 is 0 Å². The van der Waals surface area contributed by atoms with Crippen LogP contribution in [-0.4, -0.2) is 114 Å². The van der Waals surface area contributed by atoms with Crippen molar-refractivity contribution in [2.45, 2.75) is 76.0 Å². The van der Waals surface area contributed by atoms with Gasteiger partial charge in [0.25, 0.3) is 0 Å². The zero-order chi connectivity index (χ0) is 36.6. The molecule has 3 saturated heterocycles. The Hall–Kier alpha value is -4.56. The van der Waals surface area contributed by atoms with Crippen LogP contribution in [0.3, 0.4) is 0 Å². The van der Waals surface area contributed by atoms with E-state index in [9.17, 15) is 9.90 Å². The number of amides is 1. The number of pyridine rings is 1. The predicted octanol–water partition coefficient (Wildman–Crippen LogP) is 5.41. The van der Waals surface area contributed by atoms with Gasteiger partial charge in [-0.05, 0) is 86.0 Å². The van der Waals surface area contributed by atoms with E-state index in [0.717, 1.165) is 51.6 Å². The van der Waals surface area contributed by atoms with E-state index in [0.29, 0.717) is 60.3 Å². The van der Waals surface area contributed by atoms with Gasteiger partial charge in [0, 0.05) is 56.3 Å². The zero-order valence-electron chi connectivity index (χ0n) is 30.3. The quantitative estimate of drug-likeness (QED) is 0.230. The van der Waals surface area contributed by atoms with Gasteiger partial charge in [0.15, 0.2) is 5.82 Å². The third-order valence-electron chi connectivity index (χ3n) is 12.0. The van der Waals surface area contributed by atoms with Gasteiger partial charge in [0.2, 0.25) is 5.88 Å². The van der Waals surface area contributed by atoms with E-state index in [4.69, 9.17) is 29.2 Å². The van der Waals surface area contributed by atoms with Gasteiger partial charge in [-0.25, -0.2) is 18.6 Å². The van der Waals surface area contributed by atoms with Crippen molar-refractivity contribution in [3.05, 3.63) is 41.5 Å². The molecule has 2 bridgehead atoms. The number of nitrogens with one attached hydrogen (secondary N) is 1. The monoisotopic (exact) mass is 729 g/mol. The van der Waals surface area contributed by atoms with Crippen molar-refractivity contribution in [3.8, 4) is 28.9 Å². The van der Waals surface area contributed by atoms with Gasteiger partial charge in [-0.2, -0.15) is 9.97 Å². The highest BCUT2D eigenvalue weighted by molar-refractivity contribution is 6.03. The predicted molar refractivity (Wildman–Crippen MR) is 195 cm³/mol. The van der Waals surface area contributed by atoms with E-state index in [1.165, 1.54) is 17.0 Å². The number of hydrogen-bond donors (Lipinski definition) is 2. The first-order valence-electron chi connectivity index (χ1n) is 18.8. The fourth-order valence-corrected chi connectivity index (χ4v) is 8.95. The molecule has 2 aromatic heterocycles. The molecule has 4 aromatic rings. The minimum absolute atomic E-state index is 0.00892. The Morgan fingerprint density at radius 2 is 1.98 bits per heavy atom. The summed E-state index contributed by atoms with van der Waals surface area (Å²) in [4.78, 5) is 32.6. The minimum atomic E-state index is -0.719. The highest BCUT2D eigenvalue weighted by Crippen LogP contribution is 2.49. The van der Waals surface area contributed by atoms with Gasteiger partial charge >= 0.3 is 12.1 Å². The van der Waals surface area contributed by atoms with Crippen LogP contribution in [0.1, 0.15) is 51.0 Å². The highest BCUT2D eigenvalue weighted by atomic mass is 19.1. The maximum Gasteiger partial charge on any atom is 0.409 e. The number of aryl methyl sites for hydroxylation is 1. The second-order valence-corrected chi connectivity index (χ2v) is 15.7. The maximum absolute atomic E-state index is 17.2. The number of piperazine rings is 1. The number of halogens is 2. The van der Waals surface area contributed by atoms with Crippen LogP contribution in [0, 0.1) is 17.0 Å². The lowest BCUT2D eigenvalue weighted by Gasteiger charge is -2.40. The summed E-state index contributed by atoms with van der Waals surface area (Å²) < 4.78 is 50.8. The lowest BCUT2D eigenvalue weighted by Crippen LogP contribution is -2.60. The summed E-state index contributed by atoms with van der Waals surface area (Å²) in [7, 11) is 3.36. The minimum Gasteiger partial charge on any atom is -0.508 e. The molecule has 6 heterocycles. The largest absolute Gasteiger partial charge is 0.508 e. The topological polar surface area (TPSA) is 125 Å². The van der Waals surface area contributed by atoms with Crippen molar-refractivity contribution in [1.82, 2.24) is 30.1 Å². The standard InChI is InChI=1S/C39H45F2N7O5/c1-4-25-27(40)9-7-21-14-24(49)15-26(30(21)25)33-32(41)34-31-35(48-16-22-8-10-28(42-22)29(48)18-51-36(31)43-33)45-37(44-34)53-20-39(11-12-39)19-47-13-5-6-23(47)17-52-38(50)46(2)3/h7,9,14-15,22-23,28-29,42,49H,4-6,8,10-13,16-20H2,1-3H3/t22-,23+,28+,29+/m1/s1. The van der Waals surface area contributed by atoms with E-state index in [1.807, 2.05) is 6.92 Å². The van der Waals surface area contributed by atoms with Crippen LogP contribution in [0.25, 0.3) is 32.9 Å². The molecule has 53 heavy (non-hydrogen) atoms. The first-order chi connectivity index (χ1) is 25.6. The summed E-state index contributed by atoms with van der Waals surface area (Å²) in [6, 6.07) is 6.52. The second-order valence-electron chi connectivity index (χ2n) is 15.7. The normalized spacial score (nSPS) is 24.2. The molecule has 280 valence electrons. The smallest absolute Gasteiger partial charge is 0.409 e. The summed E-state index contributed by atoms with van der Waals surface area (Å²) in [5.41, 5.74) is 0.471. The average molecular weight is 730 g/mol. The highest BCUT2D eigenvalue weighted by Gasteiger charge is 2.48. The fourth-order valence-electron chi connectivity index (χ4n) is 8.95. The summed E-state index contributed by atoms with van der Waals surface area (Å²) >= 11 is 0. The van der Waals surface area contributed by atoms with Crippen LogP contribution in [0.2, 0.25) is 0 Å². The zero-order valence-corrected chi connectivity index (χ0v) is 30.3. The summed E-state index contributed by atoms with van der Waals surface area (Å²) in [6.07, 6.45) is 5.97. The third kappa shape index (κ3) is 6.03. The molecule has 1 aliphatic carbocycles. The molecule has 0 spiro atoms. The number of likely N-dealkylation sites (tertiary alicyclic amines) is 1. The summed E-state index contributed by atoms with van der Waals surface area (Å²) in [5.74, 6) is -0.489. The Balaban J connectivity index is 1.10. The first-order valence-corrected chi connectivity index (χ1v) is 18.8. The average Bonchev–Trinajstić information content (AvgIpc) is 3.65. The molecule has 0 unspecified atom stereocenters. The molecular formula is C39H45F2N7O5. The third-order valence-corrected chi connectivity index (χ3v) is 12.0. The van der Waals surface area contributed by atoms with Gasteiger partial charge in [0.05, 0.1) is 12.6 Å². The van der Waals surface area contributed by atoms with Crippen molar-refractivity contribution < 1.29 is 32.9 Å². The number of phenolic OH excluding ortho intramolecular Hbond substituents is 1. The number of benzene rings is 2.